The normalized spacial score (nSPS) is 15.9. The lowest BCUT2D eigenvalue weighted by molar-refractivity contribution is -0.134. The van der Waals surface area contributed by atoms with Crippen LogP contribution in [0.15, 0.2) is 18.2 Å². The first-order valence-corrected chi connectivity index (χ1v) is 9.24. The molecule has 0 bridgehead atoms. The summed E-state index contributed by atoms with van der Waals surface area (Å²) in [6.45, 7) is 9.47. The van der Waals surface area contributed by atoms with E-state index in [0.29, 0.717) is 51.5 Å². The fraction of sp³-hybridized carbons (Fsp3) is 0.650. The average molecular weight is 348 g/mol. The fourth-order valence-electron chi connectivity index (χ4n) is 3.23. The molecule has 1 aliphatic rings. The Morgan fingerprint density at radius 1 is 1.36 bits per heavy atom. The monoisotopic (exact) mass is 348 g/mol. The predicted octanol–water partition coefficient (Wildman–Crippen LogP) is 2.41. The van der Waals surface area contributed by atoms with Gasteiger partial charge in [0.15, 0.2) is 0 Å². The molecule has 0 spiro atoms. The van der Waals surface area contributed by atoms with Crippen LogP contribution in [0, 0.1) is 6.92 Å². The van der Waals surface area contributed by atoms with Gasteiger partial charge in [-0.3, -0.25) is 9.69 Å². The van der Waals surface area contributed by atoms with Gasteiger partial charge in [0.25, 0.3) is 0 Å². The molecule has 1 fully saturated rings. The van der Waals surface area contributed by atoms with E-state index < -0.39 is 0 Å². The molecule has 0 unspecified atom stereocenters. The van der Waals surface area contributed by atoms with Gasteiger partial charge in [0.05, 0.1) is 12.6 Å². The third-order valence-electron chi connectivity index (χ3n) is 4.83. The summed E-state index contributed by atoms with van der Waals surface area (Å²) < 4.78 is 5.83. The minimum atomic E-state index is -0.249. The van der Waals surface area contributed by atoms with Crippen molar-refractivity contribution in [2.24, 2.45) is 0 Å². The highest BCUT2D eigenvalue weighted by Crippen LogP contribution is 2.23. The number of likely N-dealkylation sites (tertiary alicyclic amines) is 1. The number of hydrogen-bond donors (Lipinski definition) is 1. The summed E-state index contributed by atoms with van der Waals surface area (Å²) in [5, 5.41) is 9.52. The maximum absolute atomic E-state index is 12.3. The van der Waals surface area contributed by atoms with Crippen molar-refractivity contribution in [2.75, 3.05) is 39.8 Å². The molecular formula is C20H32N2O3. The second-order valence-electron chi connectivity index (χ2n) is 7.37. The van der Waals surface area contributed by atoms with Crippen molar-refractivity contribution >= 4 is 5.91 Å². The van der Waals surface area contributed by atoms with Crippen LogP contribution in [0.4, 0.5) is 0 Å². The van der Waals surface area contributed by atoms with Crippen LogP contribution in [0.3, 0.4) is 0 Å². The quantitative estimate of drug-likeness (QED) is 0.822. The number of hydrogen-bond acceptors (Lipinski definition) is 4. The van der Waals surface area contributed by atoms with Gasteiger partial charge in [-0.25, -0.2) is 0 Å². The average Bonchev–Trinajstić information content (AvgIpc) is 2.55. The van der Waals surface area contributed by atoms with Crippen LogP contribution in [0.2, 0.25) is 0 Å². The first-order valence-electron chi connectivity index (χ1n) is 9.24. The molecule has 140 valence electrons. The van der Waals surface area contributed by atoms with Crippen molar-refractivity contribution < 1.29 is 14.6 Å². The van der Waals surface area contributed by atoms with E-state index in [-0.39, 0.29) is 12.0 Å². The van der Waals surface area contributed by atoms with Crippen LogP contribution in [0.25, 0.3) is 0 Å². The van der Waals surface area contributed by atoms with Gasteiger partial charge in [-0.05, 0) is 56.0 Å². The van der Waals surface area contributed by atoms with Crippen LogP contribution in [-0.2, 0) is 4.79 Å². The smallest absolute Gasteiger partial charge is 0.236 e. The molecule has 0 radical (unpaired) electrons. The minimum absolute atomic E-state index is 0.131. The van der Waals surface area contributed by atoms with Gasteiger partial charge in [-0.1, -0.05) is 19.9 Å². The van der Waals surface area contributed by atoms with Crippen LogP contribution < -0.4 is 4.74 Å². The van der Waals surface area contributed by atoms with Crippen LogP contribution in [0.1, 0.15) is 43.7 Å². The van der Waals surface area contributed by atoms with Gasteiger partial charge in [0, 0.05) is 19.6 Å². The van der Waals surface area contributed by atoms with E-state index in [9.17, 15) is 9.90 Å². The summed E-state index contributed by atoms with van der Waals surface area (Å²) in [6, 6.07) is 6.24. The Bertz CT molecular complexity index is 566. The molecule has 1 aromatic rings. The van der Waals surface area contributed by atoms with E-state index in [1.165, 1.54) is 11.1 Å². The van der Waals surface area contributed by atoms with Gasteiger partial charge >= 0.3 is 0 Å². The fourth-order valence-corrected chi connectivity index (χ4v) is 3.23. The summed E-state index contributed by atoms with van der Waals surface area (Å²) in [7, 11) is 1.94. The topological polar surface area (TPSA) is 53.0 Å². The third kappa shape index (κ3) is 6.01. The number of piperidine rings is 1. The molecule has 1 aliphatic heterocycles. The second-order valence-corrected chi connectivity index (χ2v) is 7.37. The van der Waals surface area contributed by atoms with Crippen molar-refractivity contribution in [2.45, 2.75) is 45.6 Å². The van der Waals surface area contributed by atoms with E-state index in [4.69, 9.17) is 4.74 Å². The zero-order chi connectivity index (χ0) is 18.4. The molecule has 1 aromatic carbocycles. The highest BCUT2D eigenvalue weighted by Gasteiger charge is 2.21. The summed E-state index contributed by atoms with van der Waals surface area (Å²) in [5.74, 6) is 1.53. The molecule has 0 aliphatic carbocycles. The van der Waals surface area contributed by atoms with E-state index in [1.54, 1.807) is 0 Å². The largest absolute Gasteiger partial charge is 0.492 e. The Morgan fingerprint density at radius 3 is 2.64 bits per heavy atom. The molecule has 5 heteroatoms. The lowest BCUT2D eigenvalue weighted by Gasteiger charge is -2.31. The van der Waals surface area contributed by atoms with Crippen LogP contribution in [0.5, 0.6) is 5.75 Å². The number of carbonyl (C=O) groups excluding carboxylic acids is 1. The highest BCUT2D eigenvalue weighted by molar-refractivity contribution is 5.78. The summed E-state index contributed by atoms with van der Waals surface area (Å²) >= 11 is 0. The first kappa shape index (κ1) is 19.7. The van der Waals surface area contributed by atoms with Crippen LogP contribution in [-0.4, -0.2) is 66.8 Å². The van der Waals surface area contributed by atoms with Crippen molar-refractivity contribution in [3.05, 3.63) is 29.3 Å². The van der Waals surface area contributed by atoms with Gasteiger partial charge in [0.1, 0.15) is 12.4 Å². The van der Waals surface area contributed by atoms with E-state index >= 15 is 0 Å². The van der Waals surface area contributed by atoms with E-state index in [2.05, 4.69) is 32.9 Å². The predicted molar refractivity (Wildman–Crippen MR) is 100 cm³/mol. The molecule has 1 amide bonds. The lowest BCUT2D eigenvalue weighted by atomic mass is 9.98. The van der Waals surface area contributed by atoms with Crippen molar-refractivity contribution in [3.63, 3.8) is 0 Å². The standard InChI is InChI=1S/C20H32N2O3/c1-15(2)19-6-5-18(13-16(19)3)25-12-11-21(4)14-20(24)22-9-7-17(23)8-10-22/h5-6,13,15,17,23H,7-12,14H2,1-4H3. The molecule has 1 saturated heterocycles. The number of likely N-dealkylation sites (N-methyl/N-ethyl adjacent to an activating group) is 1. The Kier molecular flexibility index (Phi) is 7.26. The van der Waals surface area contributed by atoms with Crippen molar-refractivity contribution in [3.8, 4) is 5.75 Å². The minimum Gasteiger partial charge on any atom is -0.492 e. The molecule has 0 aromatic heterocycles. The number of nitrogens with zero attached hydrogens (tertiary/aromatic N) is 2. The zero-order valence-electron chi connectivity index (χ0n) is 16.0. The maximum Gasteiger partial charge on any atom is 0.236 e. The number of rotatable bonds is 7. The maximum atomic E-state index is 12.3. The Hall–Kier alpha value is -1.59. The number of aryl methyl sites for hydroxylation is 1. The van der Waals surface area contributed by atoms with Gasteiger partial charge in [0.2, 0.25) is 5.91 Å². The number of ether oxygens (including phenoxy) is 1. The SMILES string of the molecule is Cc1cc(OCCN(C)CC(=O)N2CCC(O)CC2)ccc1C(C)C. The zero-order valence-corrected chi connectivity index (χ0v) is 16.0. The number of amides is 1. The van der Waals surface area contributed by atoms with E-state index in [0.717, 1.165) is 5.75 Å². The number of aliphatic hydroxyl groups excluding tert-OH is 1. The molecule has 5 nitrogen and oxygen atoms in total. The van der Waals surface area contributed by atoms with Gasteiger partial charge in [-0.15, -0.1) is 0 Å². The molecule has 0 atom stereocenters. The Labute approximate surface area is 151 Å². The number of benzene rings is 1. The number of aliphatic hydroxyl groups is 1. The molecular weight excluding hydrogens is 316 g/mol. The van der Waals surface area contributed by atoms with E-state index in [1.807, 2.05) is 22.9 Å². The van der Waals surface area contributed by atoms with Gasteiger partial charge in [-0.2, -0.15) is 0 Å². The number of carbonyl (C=O) groups is 1. The molecule has 1 N–H and O–H groups in total. The van der Waals surface area contributed by atoms with Crippen LogP contribution >= 0.6 is 0 Å². The molecule has 0 saturated carbocycles. The Balaban J connectivity index is 1.72. The molecule has 1 heterocycles. The first-order chi connectivity index (χ1) is 11.9. The van der Waals surface area contributed by atoms with Crippen molar-refractivity contribution in [1.82, 2.24) is 9.80 Å². The lowest BCUT2D eigenvalue weighted by Crippen LogP contribution is -2.44. The third-order valence-corrected chi connectivity index (χ3v) is 4.83. The van der Waals surface area contributed by atoms with Gasteiger partial charge < -0.3 is 14.7 Å². The Morgan fingerprint density at radius 2 is 2.04 bits per heavy atom. The summed E-state index contributed by atoms with van der Waals surface area (Å²) in [4.78, 5) is 16.1. The molecule has 25 heavy (non-hydrogen) atoms. The second kappa shape index (κ2) is 9.20. The van der Waals surface area contributed by atoms with Crippen molar-refractivity contribution in [1.29, 1.82) is 0 Å². The molecule has 2 rings (SSSR count). The summed E-state index contributed by atoms with van der Waals surface area (Å²) in [5.41, 5.74) is 2.60. The highest BCUT2D eigenvalue weighted by atomic mass is 16.5. The summed E-state index contributed by atoms with van der Waals surface area (Å²) in [6.07, 6.45) is 1.12.